The van der Waals surface area contributed by atoms with Crippen molar-refractivity contribution in [2.24, 2.45) is 11.1 Å². The van der Waals surface area contributed by atoms with Crippen LogP contribution in [0.1, 0.15) is 25.5 Å². The molecule has 1 aromatic carbocycles. The molecule has 0 heterocycles. The van der Waals surface area contributed by atoms with Crippen molar-refractivity contribution >= 4 is 60.2 Å². The van der Waals surface area contributed by atoms with Gasteiger partial charge in [-0.05, 0) is 37.9 Å². The molecule has 104 valence electrons. The minimum Gasteiger partial charge on any atom is -0.506 e. The van der Waals surface area contributed by atoms with E-state index in [1.807, 2.05) is 13.8 Å². The number of phenols is 1. The van der Waals surface area contributed by atoms with E-state index < -0.39 is 11.5 Å². The minimum atomic E-state index is -0.481. The first-order valence-electron chi connectivity index (χ1n) is 4.95. The maximum Gasteiger partial charge on any atom is 0.144 e. The lowest BCUT2D eigenvalue weighted by Crippen LogP contribution is -2.33. The van der Waals surface area contributed by atoms with Crippen LogP contribution in [0.3, 0.4) is 0 Å². The Morgan fingerprint density at radius 2 is 1.78 bits per heavy atom. The summed E-state index contributed by atoms with van der Waals surface area (Å²) in [6.45, 7) is 3.70. The number of rotatable bonds is 3. The van der Waals surface area contributed by atoms with Gasteiger partial charge in [0.1, 0.15) is 5.75 Å². The van der Waals surface area contributed by atoms with Crippen molar-refractivity contribution in [1.82, 2.24) is 0 Å². The molecular formula is C11H15Br3ClNO2. The summed E-state index contributed by atoms with van der Waals surface area (Å²) in [5.74, 6) is 0.104. The Kier molecular flexibility index (Phi) is 7.16. The highest BCUT2D eigenvalue weighted by atomic mass is 79.9. The van der Waals surface area contributed by atoms with Crippen molar-refractivity contribution in [3.63, 3.8) is 0 Å². The number of phenolic OH excluding ortho intramolecular Hbond substituents is 1. The summed E-state index contributed by atoms with van der Waals surface area (Å²) in [5.41, 5.74) is 6.42. The lowest BCUT2D eigenvalue weighted by Gasteiger charge is -2.31. The van der Waals surface area contributed by atoms with E-state index in [2.05, 4.69) is 47.8 Å². The quantitative estimate of drug-likeness (QED) is 0.626. The van der Waals surface area contributed by atoms with E-state index in [0.29, 0.717) is 8.95 Å². The summed E-state index contributed by atoms with van der Waals surface area (Å²) in [5, 5.41) is 19.2. The van der Waals surface area contributed by atoms with Crippen LogP contribution in [-0.4, -0.2) is 16.8 Å². The fourth-order valence-electron chi connectivity index (χ4n) is 1.37. The van der Waals surface area contributed by atoms with Gasteiger partial charge in [0.25, 0.3) is 0 Å². The van der Waals surface area contributed by atoms with E-state index >= 15 is 0 Å². The lowest BCUT2D eigenvalue weighted by atomic mass is 9.82. The first-order valence-corrected chi connectivity index (χ1v) is 7.33. The summed E-state index contributed by atoms with van der Waals surface area (Å²) in [6.07, 6.45) is 0. The van der Waals surface area contributed by atoms with Crippen LogP contribution in [0.4, 0.5) is 0 Å². The van der Waals surface area contributed by atoms with Crippen molar-refractivity contribution in [2.45, 2.75) is 19.9 Å². The molecule has 0 aromatic heterocycles. The molecule has 4 N–H and O–H groups in total. The molecule has 0 saturated heterocycles. The average Bonchev–Trinajstić information content (AvgIpc) is 2.26. The molecule has 0 bridgehead atoms. The molecule has 0 saturated carbocycles. The number of benzene rings is 1. The average molecular weight is 468 g/mol. The Balaban J connectivity index is 0.00000289. The molecule has 1 aromatic rings. The van der Waals surface area contributed by atoms with Crippen LogP contribution < -0.4 is 5.73 Å². The Morgan fingerprint density at radius 3 is 2.22 bits per heavy atom. The first kappa shape index (κ1) is 18.7. The molecule has 0 spiro atoms. The SMILES string of the molecule is CC(C)(CO)[C@H](N)c1c(Br)cc(Br)c(O)c1Br.Cl. The van der Waals surface area contributed by atoms with Gasteiger partial charge in [0.05, 0.1) is 8.95 Å². The Labute approximate surface area is 138 Å². The van der Waals surface area contributed by atoms with Crippen LogP contribution in [0.15, 0.2) is 19.5 Å². The molecule has 0 unspecified atom stereocenters. The van der Waals surface area contributed by atoms with E-state index in [4.69, 9.17) is 5.73 Å². The fraction of sp³-hybridized carbons (Fsp3) is 0.455. The largest absolute Gasteiger partial charge is 0.506 e. The highest BCUT2D eigenvalue weighted by Crippen LogP contribution is 2.45. The second-order valence-electron chi connectivity index (χ2n) is 4.54. The van der Waals surface area contributed by atoms with Gasteiger partial charge in [-0.15, -0.1) is 12.4 Å². The Morgan fingerprint density at radius 1 is 1.28 bits per heavy atom. The smallest absolute Gasteiger partial charge is 0.144 e. The van der Waals surface area contributed by atoms with Gasteiger partial charge >= 0.3 is 0 Å². The Bertz CT molecular complexity index is 441. The predicted octanol–water partition coefficient (Wildman–Crippen LogP) is 4.12. The maximum atomic E-state index is 9.87. The van der Waals surface area contributed by atoms with E-state index in [1.165, 1.54) is 0 Å². The number of aromatic hydroxyl groups is 1. The normalized spacial score (nSPS) is 13.1. The zero-order chi connectivity index (χ0) is 13.4. The van der Waals surface area contributed by atoms with Crippen molar-refractivity contribution in [3.8, 4) is 5.75 Å². The van der Waals surface area contributed by atoms with Crippen LogP contribution in [0.25, 0.3) is 0 Å². The fourth-order valence-corrected chi connectivity index (χ4v) is 3.98. The second kappa shape index (κ2) is 6.90. The van der Waals surface area contributed by atoms with Gasteiger partial charge in [-0.3, -0.25) is 0 Å². The van der Waals surface area contributed by atoms with Crippen LogP contribution in [0.5, 0.6) is 5.75 Å². The van der Waals surface area contributed by atoms with Crippen molar-refractivity contribution < 1.29 is 10.2 Å². The molecule has 1 atom stereocenters. The number of aliphatic hydroxyl groups excluding tert-OH is 1. The summed E-state index contributed by atoms with van der Waals surface area (Å²) in [7, 11) is 0. The zero-order valence-electron chi connectivity index (χ0n) is 9.88. The minimum absolute atomic E-state index is 0. The third kappa shape index (κ3) is 3.61. The molecule has 0 aliphatic carbocycles. The van der Waals surface area contributed by atoms with Crippen LogP contribution in [-0.2, 0) is 0 Å². The Hall–Kier alpha value is 0.670. The lowest BCUT2D eigenvalue weighted by molar-refractivity contribution is 0.131. The molecule has 0 radical (unpaired) electrons. The maximum absolute atomic E-state index is 9.87. The van der Waals surface area contributed by atoms with E-state index in [0.717, 1.165) is 10.0 Å². The molecular weight excluding hydrogens is 453 g/mol. The topological polar surface area (TPSA) is 66.5 Å². The molecule has 0 fully saturated rings. The first-order chi connectivity index (χ1) is 7.72. The monoisotopic (exact) mass is 465 g/mol. The van der Waals surface area contributed by atoms with E-state index in [1.54, 1.807) is 6.07 Å². The predicted molar refractivity (Wildman–Crippen MR) is 86.2 cm³/mol. The van der Waals surface area contributed by atoms with Crippen LogP contribution >= 0.6 is 60.2 Å². The van der Waals surface area contributed by atoms with Gasteiger partial charge < -0.3 is 15.9 Å². The van der Waals surface area contributed by atoms with Crippen molar-refractivity contribution in [2.75, 3.05) is 6.61 Å². The number of nitrogens with two attached hydrogens (primary N) is 1. The third-order valence-electron chi connectivity index (χ3n) is 2.74. The number of aliphatic hydroxyl groups is 1. The van der Waals surface area contributed by atoms with Gasteiger partial charge in [0.15, 0.2) is 0 Å². The molecule has 3 nitrogen and oxygen atoms in total. The highest BCUT2D eigenvalue weighted by Gasteiger charge is 2.31. The van der Waals surface area contributed by atoms with Crippen LogP contribution in [0, 0.1) is 5.41 Å². The third-order valence-corrected chi connectivity index (χ3v) is 4.81. The summed E-state index contributed by atoms with van der Waals surface area (Å²) in [6, 6.07) is 1.33. The molecule has 1 rings (SSSR count). The number of hydrogen-bond acceptors (Lipinski definition) is 3. The summed E-state index contributed by atoms with van der Waals surface area (Å²) < 4.78 is 1.89. The molecule has 0 aliphatic heterocycles. The van der Waals surface area contributed by atoms with E-state index in [9.17, 15) is 10.2 Å². The van der Waals surface area contributed by atoms with E-state index in [-0.39, 0.29) is 24.8 Å². The van der Waals surface area contributed by atoms with Gasteiger partial charge in [-0.2, -0.15) is 0 Å². The highest BCUT2D eigenvalue weighted by molar-refractivity contribution is 9.11. The standard InChI is InChI=1S/C11H14Br3NO2.ClH/c1-11(2,4-16)10(15)7-5(12)3-6(13)9(17)8(7)14;/h3,10,16-17H,4,15H2,1-2H3;1H/t10-;/m1./s1. The molecule has 0 amide bonds. The summed E-state index contributed by atoms with van der Waals surface area (Å²) in [4.78, 5) is 0. The molecule has 0 aliphatic rings. The molecule has 7 heteroatoms. The second-order valence-corrected chi connectivity index (χ2v) is 7.04. The number of hydrogen-bond donors (Lipinski definition) is 3. The van der Waals surface area contributed by atoms with Crippen molar-refractivity contribution in [3.05, 3.63) is 25.0 Å². The summed E-state index contributed by atoms with van der Waals surface area (Å²) >= 11 is 10.0. The zero-order valence-corrected chi connectivity index (χ0v) is 15.5. The van der Waals surface area contributed by atoms with Crippen LogP contribution in [0.2, 0.25) is 0 Å². The molecule has 18 heavy (non-hydrogen) atoms. The van der Waals surface area contributed by atoms with Gasteiger partial charge in [-0.25, -0.2) is 0 Å². The van der Waals surface area contributed by atoms with Gasteiger partial charge in [-0.1, -0.05) is 29.8 Å². The van der Waals surface area contributed by atoms with Gasteiger partial charge in [0, 0.05) is 28.1 Å². The number of halogens is 4. The van der Waals surface area contributed by atoms with Crippen molar-refractivity contribution in [1.29, 1.82) is 0 Å². The van der Waals surface area contributed by atoms with Gasteiger partial charge in [0.2, 0.25) is 0 Å².